The monoisotopic (exact) mass is 397 g/mol. The van der Waals surface area contributed by atoms with Crippen molar-refractivity contribution < 1.29 is 22.7 Å². The van der Waals surface area contributed by atoms with Crippen LogP contribution in [0.2, 0.25) is 0 Å². The summed E-state index contributed by atoms with van der Waals surface area (Å²) in [5, 5.41) is 8.46. The SMILES string of the molecule is Cc1nc(C)c(C(=O)OCC(=O)N[C@@H](C)c2ccc(S(N)(=O)=O)cc2)s1. The van der Waals surface area contributed by atoms with Gasteiger partial charge in [-0.3, -0.25) is 4.79 Å². The number of thiazole rings is 1. The topological polar surface area (TPSA) is 128 Å². The van der Waals surface area contributed by atoms with E-state index in [2.05, 4.69) is 10.3 Å². The molecule has 0 radical (unpaired) electrons. The molecule has 0 saturated carbocycles. The summed E-state index contributed by atoms with van der Waals surface area (Å²) in [5.41, 5.74) is 1.26. The van der Waals surface area contributed by atoms with Gasteiger partial charge in [-0.05, 0) is 38.5 Å². The Balaban J connectivity index is 1.91. The van der Waals surface area contributed by atoms with Gasteiger partial charge in [0.25, 0.3) is 5.91 Å². The summed E-state index contributed by atoms with van der Waals surface area (Å²) >= 11 is 1.21. The van der Waals surface area contributed by atoms with Crippen LogP contribution < -0.4 is 10.5 Å². The fourth-order valence-electron chi connectivity index (χ4n) is 2.23. The van der Waals surface area contributed by atoms with Gasteiger partial charge in [-0.25, -0.2) is 23.3 Å². The molecule has 2 aromatic rings. The van der Waals surface area contributed by atoms with E-state index in [9.17, 15) is 18.0 Å². The first-order valence-corrected chi connectivity index (χ1v) is 9.97. The number of rotatable bonds is 6. The number of sulfonamides is 1. The van der Waals surface area contributed by atoms with Gasteiger partial charge in [0.2, 0.25) is 10.0 Å². The van der Waals surface area contributed by atoms with E-state index in [0.29, 0.717) is 16.1 Å². The van der Waals surface area contributed by atoms with Gasteiger partial charge < -0.3 is 10.1 Å². The molecule has 1 aromatic heterocycles. The zero-order valence-corrected chi connectivity index (χ0v) is 16.1. The van der Waals surface area contributed by atoms with Crippen LogP contribution in [-0.2, 0) is 19.6 Å². The summed E-state index contributed by atoms with van der Waals surface area (Å²) in [7, 11) is -3.76. The van der Waals surface area contributed by atoms with Crippen LogP contribution in [0.15, 0.2) is 29.2 Å². The van der Waals surface area contributed by atoms with Crippen LogP contribution in [0.3, 0.4) is 0 Å². The molecule has 8 nitrogen and oxygen atoms in total. The molecule has 3 N–H and O–H groups in total. The molecule has 0 fully saturated rings. The number of nitrogens with zero attached hydrogens (tertiary/aromatic N) is 1. The van der Waals surface area contributed by atoms with Crippen LogP contribution in [0.4, 0.5) is 0 Å². The molecule has 0 aliphatic carbocycles. The Bertz CT molecular complexity index is 920. The van der Waals surface area contributed by atoms with E-state index in [1.54, 1.807) is 32.9 Å². The summed E-state index contributed by atoms with van der Waals surface area (Å²) < 4.78 is 27.5. The number of hydrogen-bond acceptors (Lipinski definition) is 7. The van der Waals surface area contributed by atoms with Crippen LogP contribution >= 0.6 is 11.3 Å². The third-order valence-electron chi connectivity index (χ3n) is 3.51. The Labute approximate surface area is 155 Å². The summed E-state index contributed by atoms with van der Waals surface area (Å²) in [6.07, 6.45) is 0. The number of aryl methyl sites for hydroxylation is 2. The predicted molar refractivity (Wildman–Crippen MR) is 96.2 cm³/mol. The number of benzene rings is 1. The largest absolute Gasteiger partial charge is 0.451 e. The molecule has 0 saturated heterocycles. The van der Waals surface area contributed by atoms with Crippen LogP contribution in [-0.4, -0.2) is 31.9 Å². The average Bonchev–Trinajstić information content (AvgIpc) is 2.90. The highest BCUT2D eigenvalue weighted by Gasteiger charge is 2.18. The maximum absolute atomic E-state index is 12.0. The quantitative estimate of drug-likeness (QED) is 0.710. The van der Waals surface area contributed by atoms with Crippen LogP contribution in [0.25, 0.3) is 0 Å². The standard InChI is InChI=1S/C16H19N3O5S2/c1-9(12-4-6-13(7-5-12)26(17,22)23)19-14(20)8-24-16(21)15-10(2)18-11(3)25-15/h4-7,9H,8H2,1-3H3,(H,19,20)(H2,17,22,23)/t9-/m0/s1. The first-order valence-electron chi connectivity index (χ1n) is 7.61. The van der Waals surface area contributed by atoms with E-state index >= 15 is 0 Å². The van der Waals surface area contributed by atoms with Gasteiger partial charge in [0.05, 0.1) is 21.6 Å². The van der Waals surface area contributed by atoms with E-state index in [1.807, 2.05) is 0 Å². The number of hydrogen-bond donors (Lipinski definition) is 2. The lowest BCUT2D eigenvalue weighted by Crippen LogP contribution is -2.31. The van der Waals surface area contributed by atoms with Gasteiger partial charge in [0.1, 0.15) is 4.88 Å². The lowest BCUT2D eigenvalue weighted by Gasteiger charge is -2.14. The van der Waals surface area contributed by atoms with Crippen molar-refractivity contribution in [3.8, 4) is 0 Å². The third kappa shape index (κ3) is 5.10. The summed E-state index contributed by atoms with van der Waals surface area (Å²) in [5.74, 6) is -1.06. The number of nitrogens with one attached hydrogen (secondary N) is 1. The van der Waals surface area contributed by atoms with Gasteiger partial charge in [-0.15, -0.1) is 11.3 Å². The number of carbonyl (C=O) groups excluding carboxylic acids is 2. The third-order valence-corrected chi connectivity index (χ3v) is 5.49. The lowest BCUT2D eigenvalue weighted by molar-refractivity contribution is -0.124. The van der Waals surface area contributed by atoms with Gasteiger partial charge >= 0.3 is 5.97 Å². The maximum atomic E-state index is 12.0. The summed E-state index contributed by atoms with van der Waals surface area (Å²) in [6, 6.07) is 5.44. The Kier molecular flexibility index (Phi) is 6.11. The zero-order chi connectivity index (χ0) is 19.5. The molecule has 1 heterocycles. The van der Waals surface area contributed by atoms with Crippen molar-refractivity contribution in [1.82, 2.24) is 10.3 Å². The molecule has 0 aliphatic rings. The van der Waals surface area contributed by atoms with Crippen molar-refractivity contribution in [3.63, 3.8) is 0 Å². The highest BCUT2D eigenvalue weighted by atomic mass is 32.2. The first kappa shape index (κ1) is 20.0. The van der Waals surface area contributed by atoms with Gasteiger partial charge in [0.15, 0.2) is 6.61 Å². The van der Waals surface area contributed by atoms with Crippen molar-refractivity contribution >= 4 is 33.2 Å². The van der Waals surface area contributed by atoms with E-state index in [0.717, 1.165) is 5.01 Å². The minimum absolute atomic E-state index is 0.0103. The number of primary sulfonamides is 1. The Morgan fingerprint density at radius 3 is 2.38 bits per heavy atom. The van der Waals surface area contributed by atoms with Crippen LogP contribution in [0.5, 0.6) is 0 Å². The lowest BCUT2D eigenvalue weighted by atomic mass is 10.1. The maximum Gasteiger partial charge on any atom is 0.350 e. The number of amides is 1. The van der Waals surface area contributed by atoms with E-state index in [-0.39, 0.29) is 4.90 Å². The molecular formula is C16H19N3O5S2. The molecule has 1 aromatic carbocycles. The number of esters is 1. The molecule has 0 aliphatic heterocycles. The van der Waals surface area contributed by atoms with Gasteiger partial charge in [-0.1, -0.05) is 12.1 Å². The number of ether oxygens (including phenoxy) is 1. The minimum Gasteiger partial charge on any atom is -0.451 e. The summed E-state index contributed by atoms with van der Waals surface area (Å²) in [4.78, 5) is 28.4. The predicted octanol–water partition coefficient (Wildman–Crippen LogP) is 1.44. The Morgan fingerprint density at radius 1 is 1.27 bits per heavy atom. The van der Waals surface area contributed by atoms with Gasteiger partial charge in [0, 0.05) is 0 Å². The van der Waals surface area contributed by atoms with E-state index in [1.165, 1.54) is 23.5 Å². The van der Waals surface area contributed by atoms with Crippen LogP contribution in [0, 0.1) is 13.8 Å². The molecule has 1 atom stereocenters. The molecular weight excluding hydrogens is 378 g/mol. The number of carbonyl (C=O) groups is 2. The number of aromatic nitrogens is 1. The normalized spacial score (nSPS) is 12.5. The molecule has 0 bridgehead atoms. The molecule has 0 spiro atoms. The molecule has 2 rings (SSSR count). The van der Waals surface area contributed by atoms with Gasteiger partial charge in [-0.2, -0.15) is 0 Å². The molecule has 1 amide bonds. The van der Waals surface area contributed by atoms with E-state index in [4.69, 9.17) is 9.88 Å². The fraction of sp³-hybridized carbons (Fsp3) is 0.312. The average molecular weight is 397 g/mol. The summed E-state index contributed by atoms with van der Waals surface area (Å²) in [6.45, 7) is 4.79. The second kappa shape index (κ2) is 7.94. The van der Waals surface area contributed by atoms with E-state index < -0.39 is 34.5 Å². The highest BCUT2D eigenvalue weighted by Crippen LogP contribution is 2.18. The van der Waals surface area contributed by atoms with Crippen molar-refractivity contribution in [1.29, 1.82) is 0 Å². The zero-order valence-electron chi connectivity index (χ0n) is 14.5. The first-order chi connectivity index (χ1) is 12.1. The van der Waals surface area contributed by atoms with Crippen LogP contribution in [0.1, 0.15) is 38.9 Å². The highest BCUT2D eigenvalue weighted by molar-refractivity contribution is 7.89. The Hall–Kier alpha value is -2.30. The second-order valence-corrected chi connectivity index (χ2v) is 8.39. The molecule has 26 heavy (non-hydrogen) atoms. The van der Waals surface area contributed by atoms with Crippen molar-refractivity contribution in [2.24, 2.45) is 5.14 Å². The smallest absolute Gasteiger partial charge is 0.350 e. The van der Waals surface area contributed by atoms with Crippen molar-refractivity contribution in [2.75, 3.05) is 6.61 Å². The molecule has 10 heteroatoms. The second-order valence-electron chi connectivity index (χ2n) is 5.63. The molecule has 0 unspecified atom stereocenters. The van der Waals surface area contributed by atoms with Crippen molar-refractivity contribution in [2.45, 2.75) is 31.7 Å². The number of nitrogens with two attached hydrogens (primary N) is 1. The molecule has 140 valence electrons. The Morgan fingerprint density at radius 2 is 1.88 bits per heavy atom. The fourth-order valence-corrected chi connectivity index (χ4v) is 3.56. The van der Waals surface area contributed by atoms with Crippen molar-refractivity contribution in [3.05, 3.63) is 45.4 Å². The minimum atomic E-state index is -3.76.